The predicted octanol–water partition coefficient (Wildman–Crippen LogP) is 3.34. The number of nitrogens with zero attached hydrogens (tertiary/aromatic N) is 3. The van der Waals surface area contributed by atoms with E-state index in [2.05, 4.69) is 31.6 Å². The average Bonchev–Trinajstić information content (AvgIpc) is 3.01. The summed E-state index contributed by atoms with van der Waals surface area (Å²) in [6.45, 7) is 6.00. The summed E-state index contributed by atoms with van der Waals surface area (Å²) in [5.41, 5.74) is 3.57. The van der Waals surface area contributed by atoms with Crippen molar-refractivity contribution in [2.45, 2.75) is 26.7 Å². The summed E-state index contributed by atoms with van der Waals surface area (Å²) in [6, 6.07) is 5.63. The fraction of sp³-hybridized carbons (Fsp3) is 0.353. The third-order valence-corrected chi connectivity index (χ3v) is 3.76. The number of benzene rings is 1. The summed E-state index contributed by atoms with van der Waals surface area (Å²) in [4.78, 5) is 22.9. The zero-order chi connectivity index (χ0) is 16.2. The Morgan fingerprint density at radius 1 is 0.957 bits per heavy atom. The molecular formula is C17H21N5O. The minimum Gasteiger partial charge on any atom is -0.341 e. The van der Waals surface area contributed by atoms with Gasteiger partial charge in [-0.1, -0.05) is 6.07 Å². The van der Waals surface area contributed by atoms with Crippen LogP contribution in [0.15, 0.2) is 30.6 Å². The van der Waals surface area contributed by atoms with E-state index in [9.17, 15) is 4.79 Å². The van der Waals surface area contributed by atoms with E-state index < -0.39 is 0 Å². The van der Waals surface area contributed by atoms with Crippen molar-refractivity contribution in [3.05, 3.63) is 41.7 Å². The second kappa shape index (κ2) is 6.64. The number of aryl methyl sites for hydroxylation is 2. The van der Waals surface area contributed by atoms with Crippen LogP contribution >= 0.6 is 0 Å². The van der Waals surface area contributed by atoms with Gasteiger partial charge in [0, 0.05) is 18.8 Å². The van der Waals surface area contributed by atoms with Crippen LogP contribution in [0.2, 0.25) is 0 Å². The molecule has 2 amide bonds. The molecule has 120 valence electrons. The Morgan fingerprint density at radius 2 is 1.52 bits per heavy atom. The summed E-state index contributed by atoms with van der Waals surface area (Å²) in [5.74, 6) is 0.725. The molecule has 1 saturated heterocycles. The lowest BCUT2D eigenvalue weighted by Gasteiger charge is -2.15. The van der Waals surface area contributed by atoms with Crippen molar-refractivity contribution in [1.82, 2.24) is 9.97 Å². The molecule has 0 aliphatic carbocycles. The summed E-state index contributed by atoms with van der Waals surface area (Å²) in [5, 5.41) is 5.58. The second-order valence-corrected chi connectivity index (χ2v) is 5.92. The lowest BCUT2D eigenvalue weighted by molar-refractivity contribution is 0.262. The first kappa shape index (κ1) is 15.3. The van der Waals surface area contributed by atoms with Gasteiger partial charge in [-0.05, 0) is 49.9 Å². The molecule has 2 heterocycles. The topological polar surface area (TPSA) is 70.2 Å². The molecule has 3 rings (SSSR count). The van der Waals surface area contributed by atoms with Crippen LogP contribution in [0.3, 0.4) is 0 Å². The average molecular weight is 311 g/mol. The van der Waals surface area contributed by atoms with Gasteiger partial charge in [0.25, 0.3) is 0 Å². The fourth-order valence-corrected chi connectivity index (χ4v) is 2.81. The maximum absolute atomic E-state index is 12.1. The van der Waals surface area contributed by atoms with Gasteiger partial charge in [0.1, 0.15) is 0 Å². The molecule has 0 atom stereocenters. The van der Waals surface area contributed by atoms with Gasteiger partial charge >= 0.3 is 6.03 Å². The van der Waals surface area contributed by atoms with E-state index in [4.69, 9.17) is 0 Å². The van der Waals surface area contributed by atoms with Gasteiger partial charge in [-0.15, -0.1) is 0 Å². The third-order valence-electron chi connectivity index (χ3n) is 3.76. The standard InChI is InChI=1S/C17H21N5O/c1-12-7-13(2)9-14(8-12)20-17(23)21-15-10-18-16(19-11-15)22-5-3-4-6-22/h7-11H,3-6H2,1-2H3,(H2,20,21,23). The van der Waals surface area contributed by atoms with E-state index in [-0.39, 0.29) is 6.03 Å². The molecule has 1 aliphatic rings. The van der Waals surface area contributed by atoms with Gasteiger partial charge in [0.05, 0.1) is 18.1 Å². The minimum atomic E-state index is -0.299. The Labute approximate surface area is 135 Å². The molecule has 23 heavy (non-hydrogen) atoms. The molecule has 0 unspecified atom stereocenters. The van der Waals surface area contributed by atoms with Crippen LogP contribution in [0.1, 0.15) is 24.0 Å². The van der Waals surface area contributed by atoms with Gasteiger partial charge in [0.2, 0.25) is 5.95 Å². The molecular weight excluding hydrogens is 290 g/mol. The Kier molecular flexibility index (Phi) is 4.41. The van der Waals surface area contributed by atoms with Crippen LogP contribution in [0.4, 0.5) is 22.1 Å². The van der Waals surface area contributed by atoms with E-state index in [1.165, 1.54) is 12.8 Å². The lowest BCUT2D eigenvalue weighted by atomic mass is 10.1. The zero-order valence-corrected chi connectivity index (χ0v) is 13.5. The third kappa shape index (κ3) is 3.97. The molecule has 6 heteroatoms. The van der Waals surface area contributed by atoms with E-state index in [0.29, 0.717) is 5.69 Å². The molecule has 2 N–H and O–H groups in total. The molecule has 1 fully saturated rings. The zero-order valence-electron chi connectivity index (χ0n) is 13.5. The largest absolute Gasteiger partial charge is 0.341 e. The van der Waals surface area contributed by atoms with Gasteiger partial charge in [-0.2, -0.15) is 0 Å². The summed E-state index contributed by atoms with van der Waals surface area (Å²) >= 11 is 0. The van der Waals surface area contributed by atoms with E-state index in [1.807, 2.05) is 26.0 Å². The number of aromatic nitrogens is 2. The molecule has 0 bridgehead atoms. The Balaban J connectivity index is 1.61. The SMILES string of the molecule is Cc1cc(C)cc(NC(=O)Nc2cnc(N3CCCC3)nc2)c1. The Morgan fingerprint density at radius 3 is 2.13 bits per heavy atom. The smallest absolute Gasteiger partial charge is 0.323 e. The molecule has 2 aromatic rings. The Hall–Kier alpha value is -2.63. The maximum Gasteiger partial charge on any atom is 0.323 e. The first-order chi connectivity index (χ1) is 11.1. The van der Waals surface area contributed by atoms with Crippen molar-refractivity contribution in [2.75, 3.05) is 28.6 Å². The van der Waals surface area contributed by atoms with Gasteiger partial charge in [-0.3, -0.25) is 0 Å². The highest BCUT2D eigenvalue weighted by Gasteiger charge is 2.14. The number of carbonyl (C=O) groups is 1. The highest BCUT2D eigenvalue weighted by atomic mass is 16.2. The molecule has 1 aliphatic heterocycles. The number of anilines is 3. The van der Waals surface area contributed by atoms with Crippen LogP contribution in [-0.2, 0) is 0 Å². The second-order valence-electron chi connectivity index (χ2n) is 5.92. The molecule has 1 aromatic carbocycles. The van der Waals surface area contributed by atoms with Crippen molar-refractivity contribution in [3.63, 3.8) is 0 Å². The van der Waals surface area contributed by atoms with Crippen molar-refractivity contribution in [3.8, 4) is 0 Å². The molecule has 0 spiro atoms. The van der Waals surface area contributed by atoms with Crippen LogP contribution in [-0.4, -0.2) is 29.1 Å². The highest BCUT2D eigenvalue weighted by Crippen LogP contribution is 2.17. The number of urea groups is 1. The summed E-state index contributed by atoms with van der Waals surface area (Å²) in [6.07, 6.45) is 5.65. The quantitative estimate of drug-likeness (QED) is 0.912. The van der Waals surface area contributed by atoms with Crippen molar-refractivity contribution >= 4 is 23.4 Å². The molecule has 0 radical (unpaired) electrons. The number of nitrogens with one attached hydrogen (secondary N) is 2. The molecule has 1 aromatic heterocycles. The van der Waals surface area contributed by atoms with Crippen LogP contribution in [0.25, 0.3) is 0 Å². The monoisotopic (exact) mass is 311 g/mol. The summed E-state index contributed by atoms with van der Waals surface area (Å²) < 4.78 is 0. The van der Waals surface area contributed by atoms with Crippen LogP contribution < -0.4 is 15.5 Å². The molecule has 0 saturated carbocycles. The normalized spacial score (nSPS) is 13.9. The number of rotatable bonds is 3. The summed E-state index contributed by atoms with van der Waals surface area (Å²) in [7, 11) is 0. The number of amides is 2. The van der Waals surface area contributed by atoms with E-state index in [0.717, 1.165) is 35.9 Å². The van der Waals surface area contributed by atoms with Crippen LogP contribution in [0, 0.1) is 13.8 Å². The van der Waals surface area contributed by atoms with E-state index >= 15 is 0 Å². The highest BCUT2D eigenvalue weighted by molar-refractivity contribution is 5.99. The van der Waals surface area contributed by atoms with Crippen LogP contribution in [0.5, 0.6) is 0 Å². The fourth-order valence-electron chi connectivity index (χ4n) is 2.81. The van der Waals surface area contributed by atoms with Crippen molar-refractivity contribution < 1.29 is 4.79 Å². The molecule has 6 nitrogen and oxygen atoms in total. The first-order valence-corrected chi connectivity index (χ1v) is 7.83. The van der Waals surface area contributed by atoms with Gasteiger partial charge in [-0.25, -0.2) is 14.8 Å². The Bertz CT molecular complexity index is 672. The van der Waals surface area contributed by atoms with Gasteiger partial charge in [0.15, 0.2) is 0 Å². The van der Waals surface area contributed by atoms with E-state index in [1.54, 1.807) is 12.4 Å². The predicted molar refractivity (Wildman–Crippen MR) is 92.0 cm³/mol. The van der Waals surface area contributed by atoms with Gasteiger partial charge < -0.3 is 15.5 Å². The minimum absolute atomic E-state index is 0.299. The van der Waals surface area contributed by atoms with Crippen molar-refractivity contribution in [1.29, 1.82) is 0 Å². The number of carbonyl (C=O) groups excluding carboxylic acids is 1. The first-order valence-electron chi connectivity index (χ1n) is 7.83. The number of hydrogen-bond acceptors (Lipinski definition) is 4. The van der Waals surface area contributed by atoms with Crippen molar-refractivity contribution in [2.24, 2.45) is 0 Å². The number of hydrogen-bond donors (Lipinski definition) is 2. The lowest BCUT2D eigenvalue weighted by Crippen LogP contribution is -2.22. The maximum atomic E-state index is 12.1.